The summed E-state index contributed by atoms with van der Waals surface area (Å²) in [7, 11) is 1.29. The summed E-state index contributed by atoms with van der Waals surface area (Å²) in [4.78, 5) is 41.6. The summed E-state index contributed by atoms with van der Waals surface area (Å²) in [6.45, 7) is 0. The number of hydrogen-bond acceptors (Lipinski definition) is 6. The molecule has 0 saturated carbocycles. The normalized spacial score (nSPS) is 10.6. The number of hydrogen-bond donors (Lipinski definition) is 1. The van der Waals surface area contributed by atoms with Gasteiger partial charge in [-0.1, -0.05) is 12.1 Å². The van der Waals surface area contributed by atoms with E-state index in [9.17, 15) is 18.8 Å². The zero-order valence-corrected chi connectivity index (χ0v) is 21.5. The number of methoxy groups -OCH3 is 1. The molecule has 0 atom stereocenters. The van der Waals surface area contributed by atoms with Crippen LogP contribution in [0.1, 0.15) is 20.7 Å². The van der Waals surface area contributed by atoms with Crippen molar-refractivity contribution >= 4 is 17.6 Å². The Morgan fingerprint density at radius 3 is 2.37 bits per heavy atom. The summed E-state index contributed by atoms with van der Waals surface area (Å²) in [5.74, 6) is -2.24. The predicted octanol–water partition coefficient (Wildman–Crippen LogP) is 6.01. The van der Waals surface area contributed by atoms with E-state index in [2.05, 4.69) is 10.3 Å². The van der Waals surface area contributed by atoms with E-state index in [-0.39, 0.29) is 17.0 Å². The molecule has 3 aromatic carbocycles. The van der Waals surface area contributed by atoms with Crippen LogP contribution in [-0.2, 0) is 4.74 Å². The lowest BCUT2D eigenvalue weighted by Crippen LogP contribution is -2.27. The lowest BCUT2D eigenvalue weighted by atomic mass is 10.0. The summed E-state index contributed by atoms with van der Waals surface area (Å²) < 4.78 is 40.1. The second kappa shape index (κ2) is 11.6. The molecule has 0 aliphatic carbocycles. The first-order valence-corrected chi connectivity index (χ1v) is 12.2. The minimum absolute atomic E-state index is 0.102. The van der Waals surface area contributed by atoms with Gasteiger partial charge in [0.1, 0.15) is 17.1 Å². The average molecular weight is 554 g/mol. The topological polar surface area (TPSA) is 99.5 Å². The second-order valence-electron chi connectivity index (χ2n) is 8.72. The van der Waals surface area contributed by atoms with Crippen molar-refractivity contribution in [2.24, 2.45) is 0 Å². The Morgan fingerprint density at radius 2 is 1.66 bits per heavy atom. The molecule has 0 radical (unpaired) electrons. The van der Waals surface area contributed by atoms with Gasteiger partial charge in [-0.05, 0) is 72.3 Å². The number of carbonyl (C=O) groups is 2. The molecule has 0 spiro atoms. The summed E-state index contributed by atoms with van der Waals surface area (Å²) in [6, 6.07) is 20.1. The van der Waals surface area contributed by atoms with Gasteiger partial charge in [-0.2, -0.15) is 0 Å². The molecule has 0 saturated heterocycles. The Hall–Kier alpha value is -5.64. The van der Waals surface area contributed by atoms with Crippen molar-refractivity contribution in [3.63, 3.8) is 0 Å². The van der Waals surface area contributed by atoms with Crippen molar-refractivity contribution in [1.82, 2.24) is 9.55 Å². The van der Waals surface area contributed by atoms with Gasteiger partial charge in [0, 0.05) is 41.6 Å². The van der Waals surface area contributed by atoms with Crippen molar-refractivity contribution in [2.45, 2.75) is 0 Å². The van der Waals surface area contributed by atoms with Crippen LogP contribution in [0.2, 0.25) is 0 Å². The van der Waals surface area contributed by atoms with Crippen LogP contribution in [-0.4, -0.2) is 28.5 Å². The highest BCUT2D eigenvalue weighted by Gasteiger charge is 2.16. The lowest BCUT2D eigenvalue weighted by Gasteiger charge is -2.13. The van der Waals surface area contributed by atoms with E-state index in [0.717, 1.165) is 6.07 Å². The molecule has 5 aromatic rings. The van der Waals surface area contributed by atoms with E-state index in [1.54, 1.807) is 36.5 Å². The van der Waals surface area contributed by atoms with Gasteiger partial charge in [-0.15, -0.1) is 0 Å². The zero-order chi connectivity index (χ0) is 28.9. The average Bonchev–Trinajstić information content (AvgIpc) is 2.99. The van der Waals surface area contributed by atoms with Crippen molar-refractivity contribution in [3.05, 3.63) is 137 Å². The van der Waals surface area contributed by atoms with Crippen LogP contribution in [0.3, 0.4) is 0 Å². The quantitative estimate of drug-likeness (QED) is 0.248. The van der Waals surface area contributed by atoms with Gasteiger partial charge in [0.25, 0.3) is 11.5 Å². The Bertz CT molecular complexity index is 1800. The number of carbonyl (C=O) groups excluding carboxylic acids is 2. The molecule has 8 nitrogen and oxygen atoms in total. The van der Waals surface area contributed by atoms with Gasteiger partial charge < -0.3 is 14.8 Å². The van der Waals surface area contributed by atoms with E-state index in [4.69, 9.17) is 9.47 Å². The summed E-state index contributed by atoms with van der Waals surface area (Å²) >= 11 is 0. The van der Waals surface area contributed by atoms with Gasteiger partial charge in [-0.3, -0.25) is 19.1 Å². The largest absolute Gasteiger partial charge is 0.465 e. The van der Waals surface area contributed by atoms with Crippen molar-refractivity contribution in [1.29, 1.82) is 0 Å². The van der Waals surface area contributed by atoms with Crippen molar-refractivity contribution < 1.29 is 27.8 Å². The number of nitrogens with zero attached hydrogens (tertiary/aromatic N) is 2. The Balaban J connectivity index is 1.34. The Morgan fingerprint density at radius 1 is 0.902 bits per heavy atom. The van der Waals surface area contributed by atoms with Crippen LogP contribution < -0.4 is 15.6 Å². The zero-order valence-electron chi connectivity index (χ0n) is 21.5. The van der Waals surface area contributed by atoms with E-state index in [0.29, 0.717) is 28.1 Å². The van der Waals surface area contributed by atoms with Gasteiger partial charge in [0.05, 0.1) is 12.7 Å². The minimum atomic E-state index is -0.761. The molecular formula is C31H21F2N3O5. The number of ether oxygens (including phenoxy) is 2. The van der Waals surface area contributed by atoms with Crippen LogP contribution in [0, 0.1) is 11.6 Å². The Kier molecular flexibility index (Phi) is 7.64. The molecule has 0 aliphatic heterocycles. The number of aromatic nitrogens is 2. The van der Waals surface area contributed by atoms with E-state index in [1.165, 1.54) is 72.6 Å². The summed E-state index contributed by atoms with van der Waals surface area (Å²) in [5.41, 5.74) is 1.29. The maximum absolute atomic E-state index is 15.1. The van der Waals surface area contributed by atoms with Gasteiger partial charge in [0.2, 0.25) is 0 Å². The molecule has 1 amide bonds. The van der Waals surface area contributed by atoms with Gasteiger partial charge in [0.15, 0.2) is 11.6 Å². The van der Waals surface area contributed by atoms with Crippen molar-refractivity contribution in [3.8, 4) is 28.3 Å². The number of pyridine rings is 2. The second-order valence-corrected chi connectivity index (χ2v) is 8.72. The maximum Gasteiger partial charge on any atom is 0.337 e. The van der Waals surface area contributed by atoms with Crippen LogP contribution in [0.15, 0.2) is 108 Å². The standard InChI is InChI=1S/C31H21F2N3O5/c1-40-31(39)20-6-4-19(5-7-20)25-18-34-15-14-27(25)41-28-13-10-22(17-26(28)33)35-29(37)24-3-2-16-36(30(24)38)23-11-8-21(32)9-12-23/h2-18H,1H3,(H,35,37). The lowest BCUT2D eigenvalue weighted by molar-refractivity contribution is 0.0600. The molecular weight excluding hydrogens is 532 g/mol. The minimum Gasteiger partial charge on any atom is -0.465 e. The smallest absolute Gasteiger partial charge is 0.337 e. The third-order valence-corrected chi connectivity index (χ3v) is 6.10. The third-order valence-electron chi connectivity index (χ3n) is 6.10. The maximum atomic E-state index is 15.1. The summed E-state index contributed by atoms with van der Waals surface area (Å²) in [6.07, 6.45) is 4.50. The van der Waals surface area contributed by atoms with E-state index < -0.39 is 29.1 Å². The molecule has 204 valence electrons. The van der Waals surface area contributed by atoms with Crippen LogP contribution in [0.5, 0.6) is 11.5 Å². The molecule has 1 N–H and O–H groups in total. The number of esters is 1. The monoisotopic (exact) mass is 553 g/mol. The molecule has 2 aromatic heterocycles. The highest BCUT2D eigenvalue weighted by Crippen LogP contribution is 2.34. The van der Waals surface area contributed by atoms with Crippen LogP contribution in [0.4, 0.5) is 14.5 Å². The third kappa shape index (κ3) is 5.86. The fraction of sp³-hybridized carbons (Fsp3) is 0.0323. The molecule has 0 fully saturated rings. The first-order chi connectivity index (χ1) is 19.8. The number of rotatable bonds is 7. The fourth-order valence-corrected chi connectivity index (χ4v) is 4.04. The molecule has 2 heterocycles. The van der Waals surface area contributed by atoms with Crippen LogP contribution >= 0.6 is 0 Å². The fourth-order valence-electron chi connectivity index (χ4n) is 4.04. The van der Waals surface area contributed by atoms with Gasteiger partial charge in [-0.25, -0.2) is 13.6 Å². The number of amides is 1. The first kappa shape index (κ1) is 26.9. The predicted molar refractivity (Wildman–Crippen MR) is 147 cm³/mol. The number of benzene rings is 3. The molecule has 0 unspecified atom stereocenters. The first-order valence-electron chi connectivity index (χ1n) is 12.2. The molecule has 41 heavy (non-hydrogen) atoms. The molecule has 10 heteroatoms. The van der Waals surface area contributed by atoms with Crippen LogP contribution in [0.25, 0.3) is 16.8 Å². The number of nitrogens with one attached hydrogen (secondary N) is 1. The molecule has 5 rings (SSSR count). The summed E-state index contributed by atoms with van der Waals surface area (Å²) in [5, 5.41) is 2.52. The highest BCUT2D eigenvalue weighted by molar-refractivity contribution is 6.04. The van der Waals surface area contributed by atoms with Gasteiger partial charge >= 0.3 is 5.97 Å². The molecule has 0 bridgehead atoms. The van der Waals surface area contributed by atoms with Crippen molar-refractivity contribution in [2.75, 3.05) is 12.4 Å². The van der Waals surface area contributed by atoms with E-state index in [1.807, 2.05) is 0 Å². The highest BCUT2D eigenvalue weighted by atomic mass is 19.1. The molecule has 0 aliphatic rings. The van der Waals surface area contributed by atoms with E-state index >= 15 is 4.39 Å². The number of anilines is 1. The SMILES string of the molecule is COC(=O)c1ccc(-c2cnccc2Oc2ccc(NC(=O)c3cccn(-c4ccc(F)cc4)c3=O)cc2F)cc1. The number of halogens is 2. The Labute approximate surface area is 232 Å².